The Morgan fingerprint density at radius 2 is 1.68 bits per heavy atom. The topological polar surface area (TPSA) is 134 Å². The monoisotopic (exact) mass is 542 g/mol. The predicted molar refractivity (Wildman–Crippen MR) is 135 cm³/mol. The van der Waals surface area contributed by atoms with Crippen LogP contribution in [0.25, 0.3) is 28.9 Å². The van der Waals surface area contributed by atoms with Gasteiger partial charge in [-0.15, -0.1) is 10.2 Å². The molecule has 0 aliphatic heterocycles. The van der Waals surface area contributed by atoms with Crippen molar-refractivity contribution in [3.8, 4) is 34.3 Å². The Labute approximate surface area is 219 Å². The van der Waals surface area contributed by atoms with Crippen LogP contribution in [0.15, 0.2) is 67.5 Å². The van der Waals surface area contributed by atoms with Crippen LogP contribution in [0.3, 0.4) is 0 Å². The predicted octanol–water partition coefficient (Wildman–Crippen LogP) is 5.67. The highest BCUT2D eigenvalue weighted by Crippen LogP contribution is 2.34. The molecule has 0 aliphatic rings. The van der Waals surface area contributed by atoms with E-state index in [2.05, 4.69) is 10.2 Å². The first-order valence-corrected chi connectivity index (χ1v) is 11.7. The summed E-state index contributed by atoms with van der Waals surface area (Å²) in [6.45, 7) is 0. The number of furan rings is 1. The summed E-state index contributed by atoms with van der Waals surface area (Å²) in [7, 11) is 4.29. The molecule has 0 saturated heterocycles. The largest absolute Gasteiger partial charge is 0.497 e. The van der Waals surface area contributed by atoms with Crippen molar-refractivity contribution < 1.29 is 37.7 Å². The summed E-state index contributed by atoms with van der Waals surface area (Å²) in [6, 6.07) is 13.0. The summed E-state index contributed by atoms with van der Waals surface area (Å²) < 4.78 is 26.7. The maximum atomic E-state index is 11.9. The zero-order valence-electron chi connectivity index (χ0n) is 19.7. The van der Waals surface area contributed by atoms with Gasteiger partial charge in [-0.2, -0.15) is 0 Å². The lowest BCUT2D eigenvalue weighted by Crippen LogP contribution is -2.02. The van der Waals surface area contributed by atoms with Gasteiger partial charge in [0.05, 0.1) is 31.9 Å². The molecule has 0 radical (unpaired) electrons. The van der Waals surface area contributed by atoms with Crippen LogP contribution in [0.4, 0.5) is 0 Å². The number of aliphatic carboxylic acids is 1. The number of nitrogens with zero attached hydrogens (tertiary/aromatic N) is 2. The number of thioether (sulfide) groups is 1. The average molecular weight is 543 g/mol. The second-order valence-corrected chi connectivity index (χ2v) is 8.68. The molecule has 0 unspecified atom stereocenters. The minimum atomic E-state index is -1.22. The van der Waals surface area contributed by atoms with Gasteiger partial charge in [0.25, 0.3) is 5.22 Å². The van der Waals surface area contributed by atoms with Crippen LogP contribution < -0.4 is 9.47 Å². The number of hydrogen-bond donors (Lipinski definition) is 1. The van der Waals surface area contributed by atoms with E-state index in [0.29, 0.717) is 28.4 Å². The number of ether oxygens (including phenoxy) is 3. The molecule has 0 atom stereocenters. The standard InChI is InChI=1S/C25H19ClN2O8S/c1-32-16-8-14(9-17(11-16)33-2)22-27-28-25(36-22)37-21(23(29)30)12-15-5-7-20(35-15)13-4-6-19(26)18(10-13)24(31)34-3/h4-12H,1-3H3,(H,29,30)/b21-12-. The molecule has 0 fully saturated rings. The lowest BCUT2D eigenvalue weighted by atomic mass is 10.1. The van der Waals surface area contributed by atoms with Crippen molar-refractivity contribution in [1.29, 1.82) is 0 Å². The van der Waals surface area contributed by atoms with Gasteiger partial charge in [-0.25, -0.2) is 9.59 Å². The highest BCUT2D eigenvalue weighted by atomic mass is 35.5. The number of esters is 1. The first kappa shape index (κ1) is 25.9. The summed E-state index contributed by atoms with van der Waals surface area (Å²) in [5.74, 6) is 0.0666. The van der Waals surface area contributed by atoms with Gasteiger partial charge in [-0.05, 0) is 54.2 Å². The van der Waals surface area contributed by atoms with Crippen LogP contribution in [0.1, 0.15) is 16.1 Å². The first-order valence-electron chi connectivity index (χ1n) is 10.5. The molecule has 0 aliphatic carbocycles. The molecule has 37 heavy (non-hydrogen) atoms. The van der Waals surface area contributed by atoms with Crippen LogP contribution in [0.2, 0.25) is 5.02 Å². The van der Waals surface area contributed by atoms with E-state index in [4.69, 9.17) is 34.6 Å². The Balaban J connectivity index is 1.58. The third-order valence-corrected chi connectivity index (χ3v) is 6.15. The zero-order valence-corrected chi connectivity index (χ0v) is 21.3. The molecule has 2 heterocycles. The van der Waals surface area contributed by atoms with Crippen LogP contribution in [-0.2, 0) is 9.53 Å². The van der Waals surface area contributed by atoms with Gasteiger partial charge in [0.2, 0.25) is 5.89 Å². The first-order chi connectivity index (χ1) is 17.8. The number of aromatic nitrogens is 2. The van der Waals surface area contributed by atoms with Crippen LogP contribution in [0, 0.1) is 0 Å². The fourth-order valence-corrected chi connectivity index (χ4v) is 4.03. The smallest absolute Gasteiger partial charge is 0.342 e. The van der Waals surface area contributed by atoms with Crippen LogP contribution in [0.5, 0.6) is 11.5 Å². The van der Waals surface area contributed by atoms with Gasteiger partial charge in [-0.1, -0.05) is 11.6 Å². The number of benzene rings is 2. The van der Waals surface area contributed by atoms with Crippen molar-refractivity contribution in [2.75, 3.05) is 21.3 Å². The van der Waals surface area contributed by atoms with Gasteiger partial charge < -0.3 is 28.2 Å². The molecular formula is C25H19ClN2O8S. The van der Waals surface area contributed by atoms with E-state index in [1.54, 1.807) is 42.5 Å². The Morgan fingerprint density at radius 3 is 2.32 bits per heavy atom. The lowest BCUT2D eigenvalue weighted by molar-refractivity contribution is -0.131. The minimum Gasteiger partial charge on any atom is -0.497 e. The van der Waals surface area contributed by atoms with Gasteiger partial charge in [-0.3, -0.25) is 0 Å². The third kappa shape index (κ3) is 5.96. The normalized spacial score (nSPS) is 11.3. The maximum Gasteiger partial charge on any atom is 0.342 e. The van der Waals surface area contributed by atoms with Gasteiger partial charge in [0, 0.05) is 23.3 Å². The van der Waals surface area contributed by atoms with E-state index in [0.717, 1.165) is 11.8 Å². The molecule has 0 spiro atoms. The highest BCUT2D eigenvalue weighted by Gasteiger charge is 2.19. The SMILES string of the molecule is COC(=O)c1cc(-c2ccc(/C=C(\Sc3nnc(-c4cc(OC)cc(OC)c4)o3)C(=O)O)o2)ccc1Cl. The van der Waals surface area contributed by atoms with Crippen molar-refractivity contribution in [2.45, 2.75) is 5.22 Å². The molecule has 0 amide bonds. The molecule has 10 nitrogen and oxygen atoms in total. The van der Waals surface area contributed by atoms with Crippen LogP contribution in [-0.4, -0.2) is 48.6 Å². The maximum absolute atomic E-state index is 11.9. The van der Waals surface area contributed by atoms with Gasteiger partial charge in [0.15, 0.2) is 0 Å². The molecule has 4 rings (SSSR count). The fraction of sp³-hybridized carbons (Fsp3) is 0.120. The number of carbonyl (C=O) groups excluding carboxylic acids is 1. The van der Waals surface area contributed by atoms with Crippen molar-refractivity contribution in [3.05, 3.63) is 69.8 Å². The molecule has 1 N–H and O–H groups in total. The summed E-state index contributed by atoms with van der Waals surface area (Å²) in [6.07, 6.45) is 1.33. The lowest BCUT2D eigenvalue weighted by Gasteiger charge is -2.05. The Hall–Kier alpha value is -4.22. The number of carboxylic acid groups (broad SMARTS) is 1. The van der Waals surface area contributed by atoms with Crippen molar-refractivity contribution in [1.82, 2.24) is 10.2 Å². The Bertz CT molecular complexity index is 1470. The number of rotatable bonds is 9. The second-order valence-electron chi connectivity index (χ2n) is 7.28. The van der Waals surface area contributed by atoms with E-state index in [9.17, 15) is 14.7 Å². The van der Waals surface area contributed by atoms with Gasteiger partial charge >= 0.3 is 11.9 Å². The molecular weight excluding hydrogens is 524 g/mol. The summed E-state index contributed by atoms with van der Waals surface area (Å²) in [4.78, 5) is 23.7. The Kier molecular flexibility index (Phi) is 7.85. The molecule has 2 aromatic carbocycles. The van der Waals surface area contributed by atoms with Crippen molar-refractivity contribution in [3.63, 3.8) is 0 Å². The van der Waals surface area contributed by atoms with E-state index in [1.807, 2.05) is 0 Å². The van der Waals surface area contributed by atoms with Crippen molar-refractivity contribution in [2.24, 2.45) is 0 Å². The average Bonchev–Trinajstić information content (AvgIpc) is 3.57. The Morgan fingerprint density at radius 1 is 0.946 bits per heavy atom. The molecule has 2 aromatic heterocycles. The summed E-state index contributed by atoms with van der Waals surface area (Å²) in [5.41, 5.74) is 1.28. The van der Waals surface area contributed by atoms with E-state index >= 15 is 0 Å². The fourth-order valence-electron chi connectivity index (χ4n) is 3.19. The number of carbonyl (C=O) groups is 2. The van der Waals surface area contributed by atoms with E-state index in [-0.39, 0.29) is 32.4 Å². The minimum absolute atomic E-state index is 0.0117. The van der Waals surface area contributed by atoms with E-state index < -0.39 is 11.9 Å². The molecule has 12 heteroatoms. The molecule has 0 bridgehead atoms. The highest BCUT2D eigenvalue weighted by molar-refractivity contribution is 8.03. The summed E-state index contributed by atoms with van der Waals surface area (Å²) >= 11 is 6.84. The molecule has 190 valence electrons. The number of halogens is 1. The zero-order chi connectivity index (χ0) is 26.5. The second kappa shape index (κ2) is 11.2. The van der Waals surface area contributed by atoms with Crippen LogP contribution >= 0.6 is 23.4 Å². The third-order valence-electron chi connectivity index (χ3n) is 4.97. The number of hydrogen-bond acceptors (Lipinski definition) is 10. The summed E-state index contributed by atoms with van der Waals surface area (Å²) in [5, 5.41) is 17.9. The quantitative estimate of drug-likeness (QED) is 0.159. The van der Waals surface area contributed by atoms with E-state index in [1.165, 1.54) is 33.5 Å². The van der Waals surface area contributed by atoms with Crippen molar-refractivity contribution >= 4 is 41.4 Å². The number of carboxylic acids is 1. The van der Waals surface area contributed by atoms with Gasteiger partial charge in [0.1, 0.15) is 27.9 Å². The molecule has 0 saturated carbocycles. The number of methoxy groups -OCH3 is 3. The molecule has 4 aromatic rings.